The van der Waals surface area contributed by atoms with Crippen LogP contribution in [0.25, 0.3) is 0 Å². The van der Waals surface area contributed by atoms with Gasteiger partial charge >= 0.3 is 0 Å². The number of fused-ring (bicyclic) bond motifs is 1. The summed E-state index contributed by atoms with van der Waals surface area (Å²) in [5.74, 6) is 0.678. The summed E-state index contributed by atoms with van der Waals surface area (Å²) in [6.07, 6.45) is 4.26. The van der Waals surface area contributed by atoms with E-state index in [0.717, 1.165) is 36.3 Å². The zero-order valence-corrected chi connectivity index (χ0v) is 13.6. The zero-order valence-electron chi connectivity index (χ0n) is 13.6. The molecule has 0 spiro atoms. The molecule has 0 unspecified atom stereocenters. The molecule has 0 aromatic heterocycles. The number of carbonyl (C=O) groups is 1. The summed E-state index contributed by atoms with van der Waals surface area (Å²) in [5, 5.41) is 5.97. The zero-order chi connectivity index (χ0) is 16.4. The Kier molecular flexibility index (Phi) is 4.03. The highest BCUT2D eigenvalue weighted by Crippen LogP contribution is 2.26. The Morgan fingerprint density at radius 1 is 1.04 bits per heavy atom. The average molecular weight is 320 g/mol. The van der Waals surface area contributed by atoms with Gasteiger partial charge in [-0.25, -0.2) is 5.01 Å². The smallest absolute Gasteiger partial charge is 0.280 e. The van der Waals surface area contributed by atoms with Crippen LogP contribution >= 0.6 is 0 Å². The molecule has 1 heterocycles. The average Bonchev–Trinajstić information content (AvgIpc) is 3.29. The Balaban J connectivity index is 1.38. The number of ether oxygens (including phenoxy) is 1. The van der Waals surface area contributed by atoms with Crippen LogP contribution in [0.2, 0.25) is 0 Å². The van der Waals surface area contributed by atoms with Crippen LogP contribution in [0.4, 0.5) is 0 Å². The lowest BCUT2D eigenvalue weighted by molar-refractivity contribution is -0.132. The number of benzene rings is 2. The standard InChI is InChI=1S/C20H20N2O2/c23-20(14-24-18-10-9-15-7-4-8-17(15)13-18)22-12-11-19(21-22)16-5-2-1-3-6-16/h1-3,5-6,9-10,13H,4,7-8,11-12,14H2. The molecule has 4 rings (SSSR count). The van der Waals surface area contributed by atoms with Crippen molar-refractivity contribution < 1.29 is 9.53 Å². The van der Waals surface area contributed by atoms with Crippen LogP contribution in [-0.4, -0.2) is 29.8 Å². The quantitative estimate of drug-likeness (QED) is 0.868. The highest BCUT2D eigenvalue weighted by molar-refractivity contribution is 6.02. The molecule has 2 aliphatic rings. The number of hydrazone groups is 1. The lowest BCUT2D eigenvalue weighted by Gasteiger charge is -2.13. The maximum Gasteiger partial charge on any atom is 0.280 e. The van der Waals surface area contributed by atoms with Gasteiger partial charge in [-0.1, -0.05) is 36.4 Å². The van der Waals surface area contributed by atoms with Crippen LogP contribution in [-0.2, 0) is 17.6 Å². The lowest BCUT2D eigenvalue weighted by Crippen LogP contribution is -2.28. The fourth-order valence-corrected chi connectivity index (χ4v) is 3.33. The second-order valence-electron chi connectivity index (χ2n) is 6.25. The van der Waals surface area contributed by atoms with Crippen molar-refractivity contribution in [2.45, 2.75) is 25.7 Å². The molecular weight excluding hydrogens is 300 g/mol. The third kappa shape index (κ3) is 3.04. The molecule has 1 aliphatic carbocycles. The van der Waals surface area contributed by atoms with Gasteiger partial charge in [0.25, 0.3) is 5.91 Å². The minimum Gasteiger partial charge on any atom is -0.484 e. The van der Waals surface area contributed by atoms with E-state index in [9.17, 15) is 4.79 Å². The summed E-state index contributed by atoms with van der Waals surface area (Å²) in [5.41, 5.74) is 4.80. The van der Waals surface area contributed by atoms with E-state index in [0.29, 0.717) is 6.54 Å². The van der Waals surface area contributed by atoms with Gasteiger partial charge in [-0.3, -0.25) is 4.79 Å². The Hall–Kier alpha value is -2.62. The molecule has 0 bridgehead atoms. The summed E-state index contributed by atoms with van der Waals surface area (Å²) in [6, 6.07) is 16.1. The van der Waals surface area contributed by atoms with E-state index in [4.69, 9.17) is 4.74 Å². The maximum atomic E-state index is 12.3. The molecule has 0 fully saturated rings. The number of amides is 1. The summed E-state index contributed by atoms with van der Waals surface area (Å²) in [4.78, 5) is 12.3. The van der Waals surface area contributed by atoms with Crippen molar-refractivity contribution >= 4 is 11.6 Å². The number of nitrogens with zero attached hydrogens (tertiary/aromatic N) is 2. The van der Waals surface area contributed by atoms with E-state index >= 15 is 0 Å². The van der Waals surface area contributed by atoms with Gasteiger partial charge in [0.1, 0.15) is 5.75 Å². The molecule has 0 radical (unpaired) electrons. The van der Waals surface area contributed by atoms with Gasteiger partial charge in [-0.15, -0.1) is 0 Å². The predicted octanol–water partition coefficient (Wildman–Crippen LogP) is 3.19. The fraction of sp³-hybridized carbons (Fsp3) is 0.300. The summed E-state index contributed by atoms with van der Waals surface area (Å²) in [7, 11) is 0. The molecule has 0 atom stereocenters. The summed E-state index contributed by atoms with van der Waals surface area (Å²) in [6.45, 7) is 0.654. The Morgan fingerprint density at radius 2 is 1.88 bits per heavy atom. The first-order chi connectivity index (χ1) is 11.8. The van der Waals surface area contributed by atoms with Crippen LogP contribution in [0, 0.1) is 0 Å². The van der Waals surface area contributed by atoms with Crippen LogP contribution in [0.5, 0.6) is 5.75 Å². The molecule has 2 aromatic carbocycles. The Bertz CT molecular complexity index is 783. The number of carbonyl (C=O) groups excluding carboxylic acids is 1. The molecule has 24 heavy (non-hydrogen) atoms. The molecule has 0 saturated heterocycles. The van der Waals surface area contributed by atoms with E-state index in [2.05, 4.69) is 17.2 Å². The third-order valence-corrected chi connectivity index (χ3v) is 4.63. The Morgan fingerprint density at radius 3 is 2.75 bits per heavy atom. The van der Waals surface area contributed by atoms with Gasteiger partial charge in [0.15, 0.2) is 6.61 Å². The fourth-order valence-electron chi connectivity index (χ4n) is 3.33. The highest BCUT2D eigenvalue weighted by Gasteiger charge is 2.22. The highest BCUT2D eigenvalue weighted by atomic mass is 16.5. The monoisotopic (exact) mass is 320 g/mol. The molecule has 122 valence electrons. The normalized spacial score (nSPS) is 16.0. The van der Waals surface area contributed by atoms with E-state index in [-0.39, 0.29) is 12.5 Å². The van der Waals surface area contributed by atoms with E-state index < -0.39 is 0 Å². The number of hydrogen-bond donors (Lipinski definition) is 0. The third-order valence-electron chi connectivity index (χ3n) is 4.63. The lowest BCUT2D eigenvalue weighted by atomic mass is 10.1. The minimum absolute atomic E-state index is 0.0321. The van der Waals surface area contributed by atoms with Gasteiger partial charge in [0, 0.05) is 6.42 Å². The van der Waals surface area contributed by atoms with Gasteiger partial charge in [0.2, 0.25) is 0 Å². The van der Waals surface area contributed by atoms with Crippen molar-refractivity contribution in [1.82, 2.24) is 5.01 Å². The van der Waals surface area contributed by atoms with Crippen molar-refractivity contribution in [2.75, 3.05) is 13.2 Å². The summed E-state index contributed by atoms with van der Waals surface area (Å²) < 4.78 is 5.69. The first-order valence-corrected chi connectivity index (χ1v) is 8.47. The summed E-state index contributed by atoms with van der Waals surface area (Å²) >= 11 is 0. The van der Waals surface area contributed by atoms with Crippen LogP contribution in [0.15, 0.2) is 53.6 Å². The van der Waals surface area contributed by atoms with Crippen molar-refractivity contribution in [3.63, 3.8) is 0 Å². The van der Waals surface area contributed by atoms with E-state index in [1.807, 2.05) is 36.4 Å². The molecule has 0 N–H and O–H groups in total. The minimum atomic E-state index is -0.0959. The van der Waals surface area contributed by atoms with Crippen LogP contribution < -0.4 is 4.74 Å². The van der Waals surface area contributed by atoms with Crippen molar-refractivity contribution in [3.05, 3.63) is 65.2 Å². The molecule has 2 aromatic rings. The van der Waals surface area contributed by atoms with Crippen molar-refractivity contribution in [3.8, 4) is 5.75 Å². The first kappa shape index (κ1) is 14.9. The van der Waals surface area contributed by atoms with Crippen molar-refractivity contribution in [2.24, 2.45) is 5.10 Å². The molecule has 4 heteroatoms. The maximum absolute atomic E-state index is 12.3. The number of rotatable bonds is 4. The number of hydrogen-bond acceptors (Lipinski definition) is 3. The van der Waals surface area contributed by atoms with Gasteiger partial charge in [0.05, 0.1) is 12.3 Å². The van der Waals surface area contributed by atoms with Gasteiger partial charge < -0.3 is 4.74 Å². The SMILES string of the molecule is O=C(COc1ccc2c(c1)CCC2)N1CCC(c2ccccc2)=N1. The van der Waals surface area contributed by atoms with Crippen LogP contribution in [0.3, 0.4) is 0 Å². The van der Waals surface area contributed by atoms with Gasteiger partial charge in [-0.2, -0.15) is 5.10 Å². The predicted molar refractivity (Wildman–Crippen MR) is 93.3 cm³/mol. The second kappa shape index (κ2) is 6.48. The largest absolute Gasteiger partial charge is 0.484 e. The van der Waals surface area contributed by atoms with Crippen molar-refractivity contribution in [1.29, 1.82) is 0 Å². The first-order valence-electron chi connectivity index (χ1n) is 8.47. The molecule has 1 aliphatic heterocycles. The molecule has 4 nitrogen and oxygen atoms in total. The van der Waals surface area contributed by atoms with Gasteiger partial charge in [-0.05, 0) is 48.1 Å². The van der Waals surface area contributed by atoms with E-state index in [1.165, 1.54) is 22.6 Å². The molecule has 1 amide bonds. The topological polar surface area (TPSA) is 41.9 Å². The van der Waals surface area contributed by atoms with Crippen LogP contribution in [0.1, 0.15) is 29.5 Å². The van der Waals surface area contributed by atoms with E-state index in [1.54, 1.807) is 0 Å². The number of aryl methyl sites for hydroxylation is 2. The molecular formula is C20H20N2O2. The second-order valence-corrected chi connectivity index (χ2v) is 6.25. The molecule has 0 saturated carbocycles. The Labute approximate surface area is 141 Å².